The average molecular weight is 340 g/mol. The van der Waals surface area contributed by atoms with Crippen molar-refractivity contribution in [2.24, 2.45) is 5.92 Å². The fourth-order valence-electron chi connectivity index (χ4n) is 3.47. The number of sulfonamides is 1. The van der Waals surface area contributed by atoms with Gasteiger partial charge in [-0.15, -0.1) is 0 Å². The maximum atomic E-state index is 12.4. The Morgan fingerprint density at radius 3 is 2.65 bits per heavy atom. The van der Waals surface area contributed by atoms with Gasteiger partial charge < -0.3 is 9.88 Å². The minimum absolute atomic E-state index is 0.0587. The van der Waals surface area contributed by atoms with Crippen LogP contribution in [0.4, 0.5) is 0 Å². The molecule has 0 bridgehead atoms. The summed E-state index contributed by atoms with van der Waals surface area (Å²) in [5, 5.41) is 3.14. The number of nitrogens with one attached hydrogen (secondary N) is 1. The van der Waals surface area contributed by atoms with E-state index in [4.69, 9.17) is 0 Å². The molecule has 0 radical (unpaired) electrons. The third-order valence-corrected chi connectivity index (χ3v) is 6.06. The van der Waals surface area contributed by atoms with Crippen LogP contribution in [0.3, 0.4) is 0 Å². The van der Waals surface area contributed by atoms with Crippen LogP contribution in [0.25, 0.3) is 0 Å². The van der Waals surface area contributed by atoms with E-state index >= 15 is 0 Å². The van der Waals surface area contributed by atoms with Crippen LogP contribution in [0, 0.1) is 12.8 Å². The highest BCUT2D eigenvalue weighted by molar-refractivity contribution is 7.88. The van der Waals surface area contributed by atoms with Gasteiger partial charge >= 0.3 is 0 Å². The molecule has 1 saturated heterocycles. The first-order valence-corrected chi connectivity index (χ1v) is 9.96. The van der Waals surface area contributed by atoms with E-state index in [1.54, 1.807) is 0 Å². The topological polar surface area (TPSA) is 84.3 Å². The number of aromatic nitrogens is 2. The van der Waals surface area contributed by atoms with Crippen LogP contribution in [0.2, 0.25) is 0 Å². The highest BCUT2D eigenvalue weighted by atomic mass is 32.2. The molecule has 0 aromatic carbocycles. The van der Waals surface area contributed by atoms with Gasteiger partial charge in [0.05, 0.1) is 11.9 Å². The van der Waals surface area contributed by atoms with Gasteiger partial charge in [-0.25, -0.2) is 17.7 Å². The van der Waals surface area contributed by atoms with Gasteiger partial charge in [-0.1, -0.05) is 0 Å². The summed E-state index contributed by atoms with van der Waals surface area (Å²) in [6.45, 7) is 3.62. The Labute approximate surface area is 137 Å². The third-order valence-electron chi connectivity index (χ3n) is 4.75. The summed E-state index contributed by atoms with van der Waals surface area (Å²) < 4.78 is 26.6. The molecule has 0 spiro atoms. The summed E-state index contributed by atoms with van der Waals surface area (Å²) in [6, 6.07) is 0.136. The number of nitrogens with zero attached hydrogens (tertiary/aromatic N) is 3. The molecule has 3 heterocycles. The van der Waals surface area contributed by atoms with Crippen molar-refractivity contribution in [3.63, 3.8) is 0 Å². The molecule has 128 valence electrons. The van der Waals surface area contributed by atoms with E-state index in [1.165, 1.54) is 10.6 Å². The van der Waals surface area contributed by atoms with Gasteiger partial charge in [-0.05, 0) is 26.2 Å². The number of amides is 1. The molecule has 1 atom stereocenters. The van der Waals surface area contributed by atoms with E-state index in [-0.39, 0.29) is 17.9 Å². The maximum absolute atomic E-state index is 12.4. The molecule has 2 aliphatic heterocycles. The summed E-state index contributed by atoms with van der Waals surface area (Å²) >= 11 is 0. The molecule has 1 N–H and O–H groups in total. The maximum Gasteiger partial charge on any atom is 0.223 e. The van der Waals surface area contributed by atoms with E-state index in [2.05, 4.69) is 14.9 Å². The van der Waals surface area contributed by atoms with E-state index in [0.717, 1.165) is 30.9 Å². The number of piperidine rings is 1. The van der Waals surface area contributed by atoms with Crippen molar-refractivity contribution in [2.75, 3.05) is 19.3 Å². The van der Waals surface area contributed by atoms with Crippen LogP contribution in [0.1, 0.15) is 30.8 Å². The Balaban J connectivity index is 1.53. The number of fused-ring (bicyclic) bond motifs is 1. The van der Waals surface area contributed by atoms with Gasteiger partial charge in [0.1, 0.15) is 5.82 Å². The lowest BCUT2D eigenvalue weighted by Crippen LogP contribution is -2.47. The zero-order valence-electron chi connectivity index (χ0n) is 13.7. The normalized spacial score (nSPS) is 23.5. The van der Waals surface area contributed by atoms with Crippen molar-refractivity contribution < 1.29 is 13.2 Å². The fourth-order valence-corrected chi connectivity index (χ4v) is 4.35. The van der Waals surface area contributed by atoms with Crippen LogP contribution in [-0.2, 0) is 27.8 Å². The van der Waals surface area contributed by atoms with Gasteiger partial charge in [-0.3, -0.25) is 4.79 Å². The van der Waals surface area contributed by atoms with Crippen molar-refractivity contribution in [1.29, 1.82) is 0 Å². The van der Waals surface area contributed by atoms with Gasteiger partial charge in [0.25, 0.3) is 0 Å². The molecule has 23 heavy (non-hydrogen) atoms. The number of aryl methyl sites for hydroxylation is 2. The second kappa shape index (κ2) is 6.24. The molecular formula is C15H24N4O3S. The summed E-state index contributed by atoms with van der Waals surface area (Å²) in [5.41, 5.74) is 1.01. The smallest absolute Gasteiger partial charge is 0.223 e. The van der Waals surface area contributed by atoms with Gasteiger partial charge in [0, 0.05) is 44.2 Å². The quantitative estimate of drug-likeness (QED) is 0.857. The van der Waals surface area contributed by atoms with E-state index in [0.29, 0.717) is 25.9 Å². The largest absolute Gasteiger partial charge is 0.351 e. The number of carbonyl (C=O) groups is 1. The van der Waals surface area contributed by atoms with Crippen LogP contribution >= 0.6 is 0 Å². The predicted octanol–water partition coefficient (Wildman–Crippen LogP) is 0.294. The summed E-state index contributed by atoms with van der Waals surface area (Å²) in [4.78, 5) is 16.9. The first-order valence-electron chi connectivity index (χ1n) is 8.11. The van der Waals surface area contributed by atoms with Crippen LogP contribution in [-0.4, -0.2) is 53.6 Å². The van der Waals surface area contributed by atoms with E-state index < -0.39 is 10.0 Å². The second-order valence-electron chi connectivity index (χ2n) is 6.63. The molecule has 0 saturated carbocycles. The van der Waals surface area contributed by atoms with Gasteiger partial charge in [-0.2, -0.15) is 0 Å². The highest BCUT2D eigenvalue weighted by Gasteiger charge is 2.30. The number of carbonyl (C=O) groups excluding carboxylic acids is 1. The Hall–Kier alpha value is -1.41. The molecule has 8 heteroatoms. The lowest BCUT2D eigenvalue weighted by atomic mass is 9.96. The minimum Gasteiger partial charge on any atom is -0.351 e. The lowest BCUT2D eigenvalue weighted by molar-refractivity contribution is -0.127. The summed E-state index contributed by atoms with van der Waals surface area (Å²) in [7, 11) is -3.14. The third kappa shape index (κ3) is 3.74. The molecule has 3 rings (SSSR count). The monoisotopic (exact) mass is 340 g/mol. The molecule has 1 aromatic rings. The van der Waals surface area contributed by atoms with Crippen LogP contribution < -0.4 is 5.32 Å². The fraction of sp³-hybridized carbons (Fsp3) is 0.733. The van der Waals surface area contributed by atoms with Crippen molar-refractivity contribution in [2.45, 2.75) is 45.2 Å². The van der Waals surface area contributed by atoms with Crippen molar-refractivity contribution in [1.82, 2.24) is 19.2 Å². The number of hydrogen-bond acceptors (Lipinski definition) is 4. The van der Waals surface area contributed by atoms with Crippen molar-refractivity contribution in [3.05, 3.63) is 17.7 Å². The number of rotatable bonds is 3. The Morgan fingerprint density at radius 1 is 1.30 bits per heavy atom. The van der Waals surface area contributed by atoms with Crippen molar-refractivity contribution in [3.8, 4) is 0 Å². The first kappa shape index (κ1) is 16.4. The zero-order valence-corrected chi connectivity index (χ0v) is 14.5. The molecule has 7 nitrogen and oxygen atoms in total. The number of hydrogen-bond donors (Lipinski definition) is 1. The molecule has 2 aliphatic rings. The molecular weight excluding hydrogens is 316 g/mol. The Bertz CT molecular complexity index is 690. The van der Waals surface area contributed by atoms with Crippen molar-refractivity contribution >= 4 is 15.9 Å². The van der Waals surface area contributed by atoms with Gasteiger partial charge in [0.15, 0.2) is 0 Å². The SMILES string of the molecule is Cc1cn2c(n1)CC[C@H](NC(=O)C1CCN(S(C)(=O)=O)CC1)C2. The minimum atomic E-state index is -3.14. The van der Waals surface area contributed by atoms with Crippen LogP contribution in [0.5, 0.6) is 0 Å². The van der Waals surface area contributed by atoms with Gasteiger partial charge in [0.2, 0.25) is 15.9 Å². The molecule has 0 unspecified atom stereocenters. The average Bonchev–Trinajstić information content (AvgIpc) is 2.86. The zero-order chi connectivity index (χ0) is 16.6. The number of imidazole rings is 1. The standard InChI is InChI=1S/C15H24N4O3S/c1-11-9-18-10-13(3-4-14(18)16-11)17-15(20)12-5-7-19(8-6-12)23(2,21)22/h9,12-13H,3-8,10H2,1-2H3,(H,17,20)/t13-/m0/s1. The molecule has 0 aliphatic carbocycles. The predicted molar refractivity (Wildman–Crippen MR) is 86.4 cm³/mol. The molecule has 1 aromatic heterocycles. The first-order chi connectivity index (χ1) is 10.8. The lowest BCUT2D eigenvalue weighted by Gasteiger charge is -2.31. The van der Waals surface area contributed by atoms with E-state index in [1.807, 2.05) is 13.1 Å². The second-order valence-corrected chi connectivity index (χ2v) is 8.61. The van der Waals surface area contributed by atoms with E-state index in [9.17, 15) is 13.2 Å². The Kier molecular flexibility index (Phi) is 4.46. The summed E-state index contributed by atoms with van der Waals surface area (Å²) in [5.74, 6) is 1.07. The molecule has 1 fully saturated rings. The highest BCUT2D eigenvalue weighted by Crippen LogP contribution is 2.21. The van der Waals surface area contributed by atoms with Crippen LogP contribution in [0.15, 0.2) is 6.20 Å². The summed E-state index contributed by atoms with van der Waals surface area (Å²) in [6.07, 6.45) is 6.23. The molecule has 1 amide bonds. The Morgan fingerprint density at radius 2 is 2.00 bits per heavy atom.